The largest absolute Gasteiger partial charge is 0.376 e. The third-order valence-corrected chi connectivity index (χ3v) is 3.31. The number of aromatic nitrogens is 2. The normalized spacial score (nSPS) is 22.2. The van der Waals surface area contributed by atoms with Crippen molar-refractivity contribution in [3.05, 3.63) is 18.0 Å². The Labute approximate surface area is 112 Å². The van der Waals surface area contributed by atoms with Crippen molar-refractivity contribution in [3.8, 4) is 0 Å². The molecule has 1 aliphatic carbocycles. The molecule has 19 heavy (non-hydrogen) atoms. The summed E-state index contributed by atoms with van der Waals surface area (Å²) >= 11 is 0. The van der Waals surface area contributed by atoms with Crippen molar-refractivity contribution in [2.75, 3.05) is 18.5 Å². The zero-order valence-electron chi connectivity index (χ0n) is 10.8. The molecule has 0 spiro atoms. The number of anilines is 1. The summed E-state index contributed by atoms with van der Waals surface area (Å²) in [6.45, 7) is 1.34. The van der Waals surface area contributed by atoms with Crippen LogP contribution in [-0.4, -0.2) is 41.2 Å². The Morgan fingerprint density at radius 3 is 3.05 bits per heavy atom. The highest BCUT2D eigenvalue weighted by atomic mass is 16.5. The van der Waals surface area contributed by atoms with Crippen LogP contribution in [0.4, 0.5) is 5.95 Å². The molecule has 1 atom stereocenters. The van der Waals surface area contributed by atoms with Crippen LogP contribution >= 0.6 is 0 Å². The number of amides is 1. The number of nitrogens with one attached hydrogen (secondary N) is 2. The lowest BCUT2D eigenvalue weighted by Gasteiger charge is -2.10. The molecule has 0 radical (unpaired) electrons. The first kappa shape index (κ1) is 12.3. The molecular formula is C13H18N4O2. The fourth-order valence-electron chi connectivity index (χ4n) is 2.07. The summed E-state index contributed by atoms with van der Waals surface area (Å²) in [5, 5.41) is 6.04. The molecule has 102 valence electrons. The molecule has 1 aromatic heterocycles. The average molecular weight is 262 g/mol. The van der Waals surface area contributed by atoms with Gasteiger partial charge in [0.15, 0.2) is 0 Å². The van der Waals surface area contributed by atoms with Gasteiger partial charge in [-0.1, -0.05) is 0 Å². The summed E-state index contributed by atoms with van der Waals surface area (Å²) in [7, 11) is 0. The van der Waals surface area contributed by atoms with Crippen LogP contribution in [0.2, 0.25) is 0 Å². The fraction of sp³-hybridized carbons (Fsp3) is 0.615. The van der Waals surface area contributed by atoms with E-state index in [4.69, 9.17) is 4.74 Å². The van der Waals surface area contributed by atoms with Gasteiger partial charge in [-0.05, 0) is 31.7 Å². The third-order valence-electron chi connectivity index (χ3n) is 3.31. The van der Waals surface area contributed by atoms with Gasteiger partial charge in [0.05, 0.1) is 6.10 Å². The van der Waals surface area contributed by atoms with Gasteiger partial charge >= 0.3 is 0 Å². The zero-order chi connectivity index (χ0) is 13.1. The summed E-state index contributed by atoms with van der Waals surface area (Å²) in [4.78, 5) is 20.3. The Hall–Kier alpha value is -1.69. The Bertz CT molecular complexity index is 456. The van der Waals surface area contributed by atoms with E-state index in [9.17, 15) is 4.79 Å². The molecule has 2 aliphatic rings. The van der Waals surface area contributed by atoms with Crippen molar-refractivity contribution in [2.45, 2.75) is 37.8 Å². The van der Waals surface area contributed by atoms with Crippen molar-refractivity contribution in [1.82, 2.24) is 15.3 Å². The second-order valence-corrected chi connectivity index (χ2v) is 5.03. The molecule has 1 saturated carbocycles. The van der Waals surface area contributed by atoms with Crippen LogP contribution in [0.15, 0.2) is 12.3 Å². The first-order chi connectivity index (χ1) is 9.31. The molecule has 1 aliphatic heterocycles. The Kier molecular flexibility index (Phi) is 3.59. The predicted octanol–water partition coefficient (Wildman–Crippen LogP) is 0.960. The number of carbonyl (C=O) groups is 1. The zero-order valence-corrected chi connectivity index (χ0v) is 10.8. The average Bonchev–Trinajstić information content (AvgIpc) is 3.08. The summed E-state index contributed by atoms with van der Waals surface area (Å²) < 4.78 is 5.46. The Morgan fingerprint density at radius 1 is 1.42 bits per heavy atom. The van der Waals surface area contributed by atoms with Crippen molar-refractivity contribution < 1.29 is 9.53 Å². The number of rotatable bonds is 5. The Balaban J connectivity index is 1.55. The summed E-state index contributed by atoms with van der Waals surface area (Å²) in [5.74, 6) is 0.365. The SMILES string of the molecule is O=C(NCC1CCCO1)c1ccnc(NC2CC2)n1. The maximum absolute atomic E-state index is 12.0. The fourth-order valence-corrected chi connectivity index (χ4v) is 2.07. The molecule has 1 aromatic rings. The van der Waals surface area contributed by atoms with Gasteiger partial charge in [0.2, 0.25) is 5.95 Å². The molecule has 2 N–H and O–H groups in total. The van der Waals surface area contributed by atoms with Crippen LogP contribution in [0.1, 0.15) is 36.2 Å². The van der Waals surface area contributed by atoms with E-state index in [2.05, 4.69) is 20.6 Å². The number of ether oxygens (including phenoxy) is 1. The van der Waals surface area contributed by atoms with E-state index in [0.29, 0.717) is 24.2 Å². The number of hydrogen-bond acceptors (Lipinski definition) is 5. The van der Waals surface area contributed by atoms with Crippen LogP contribution in [-0.2, 0) is 4.74 Å². The number of nitrogens with zero attached hydrogens (tertiary/aromatic N) is 2. The van der Waals surface area contributed by atoms with Crippen molar-refractivity contribution in [3.63, 3.8) is 0 Å². The van der Waals surface area contributed by atoms with Gasteiger partial charge in [-0.3, -0.25) is 4.79 Å². The highest BCUT2D eigenvalue weighted by Crippen LogP contribution is 2.22. The maximum atomic E-state index is 12.0. The van der Waals surface area contributed by atoms with E-state index >= 15 is 0 Å². The first-order valence-corrected chi connectivity index (χ1v) is 6.80. The highest BCUT2D eigenvalue weighted by Gasteiger charge is 2.22. The minimum Gasteiger partial charge on any atom is -0.376 e. The smallest absolute Gasteiger partial charge is 0.270 e. The molecule has 1 amide bonds. The molecule has 2 heterocycles. The predicted molar refractivity (Wildman–Crippen MR) is 70.0 cm³/mol. The van der Waals surface area contributed by atoms with Gasteiger partial charge < -0.3 is 15.4 Å². The first-order valence-electron chi connectivity index (χ1n) is 6.80. The standard InChI is InChI=1S/C13H18N4O2/c18-12(15-8-10-2-1-7-19-10)11-5-6-14-13(17-11)16-9-3-4-9/h5-6,9-10H,1-4,7-8H2,(H,15,18)(H,14,16,17). The summed E-state index contributed by atoms with van der Waals surface area (Å²) in [6, 6.07) is 2.10. The third kappa shape index (κ3) is 3.41. The number of hydrogen-bond donors (Lipinski definition) is 2. The van der Waals surface area contributed by atoms with Gasteiger partial charge in [0.1, 0.15) is 5.69 Å². The maximum Gasteiger partial charge on any atom is 0.270 e. The van der Waals surface area contributed by atoms with Crippen LogP contribution < -0.4 is 10.6 Å². The van der Waals surface area contributed by atoms with E-state index in [1.54, 1.807) is 12.3 Å². The molecule has 0 bridgehead atoms. The lowest BCUT2D eigenvalue weighted by Crippen LogP contribution is -2.32. The van der Waals surface area contributed by atoms with Crippen molar-refractivity contribution in [2.24, 2.45) is 0 Å². The minimum atomic E-state index is -0.170. The summed E-state index contributed by atoms with van der Waals surface area (Å²) in [6.07, 6.45) is 6.15. The molecule has 0 aromatic carbocycles. The van der Waals surface area contributed by atoms with E-state index in [1.165, 1.54) is 0 Å². The second kappa shape index (κ2) is 5.52. The van der Waals surface area contributed by atoms with Gasteiger partial charge in [0.25, 0.3) is 5.91 Å². The minimum absolute atomic E-state index is 0.148. The van der Waals surface area contributed by atoms with Crippen LogP contribution in [0.5, 0.6) is 0 Å². The topological polar surface area (TPSA) is 76.1 Å². The van der Waals surface area contributed by atoms with Crippen LogP contribution in [0, 0.1) is 0 Å². The lowest BCUT2D eigenvalue weighted by molar-refractivity contribution is 0.0853. The van der Waals surface area contributed by atoms with Gasteiger partial charge in [-0.2, -0.15) is 0 Å². The summed E-state index contributed by atoms with van der Waals surface area (Å²) in [5.41, 5.74) is 0.399. The van der Waals surface area contributed by atoms with E-state index in [0.717, 1.165) is 32.3 Å². The van der Waals surface area contributed by atoms with E-state index in [-0.39, 0.29) is 12.0 Å². The molecule has 1 unspecified atom stereocenters. The van der Waals surface area contributed by atoms with Gasteiger partial charge in [0, 0.05) is 25.4 Å². The second-order valence-electron chi connectivity index (χ2n) is 5.03. The lowest BCUT2D eigenvalue weighted by atomic mass is 10.2. The molecule has 6 nitrogen and oxygen atoms in total. The molecule has 1 saturated heterocycles. The Morgan fingerprint density at radius 2 is 2.32 bits per heavy atom. The monoisotopic (exact) mass is 262 g/mol. The van der Waals surface area contributed by atoms with Gasteiger partial charge in [-0.15, -0.1) is 0 Å². The molecule has 3 rings (SSSR count). The molecule has 6 heteroatoms. The van der Waals surface area contributed by atoms with Crippen LogP contribution in [0.25, 0.3) is 0 Å². The molecule has 2 fully saturated rings. The van der Waals surface area contributed by atoms with E-state index in [1.807, 2.05) is 0 Å². The number of carbonyl (C=O) groups excluding carboxylic acids is 1. The van der Waals surface area contributed by atoms with Gasteiger partial charge in [-0.25, -0.2) is 9.97 Å². The van der Waals surface area contributed by atoms with E-state index < -0.39 is 0 Å². The highest BCUT2D eigenvalue weighted by molar-refractivity contribution is 5.92. The van der Waals surface area contributed by atoms with Crippen LogP contribution in [0.3, 0.4) is 0 Å². The van der Waals surface area contributed by atoms with Crippen molar-refractivity contribution in [1.29, 1.82) is 0 Å². The molecular weight excluding hydrogens is 244 g/mol. The van der Waals surface area contributed by atoms with Crippen molar-refractivity contribution >= 4 is 11.9 Å². The quantitative estimate of drug-likeness (QED) is 0.826.